The molecule has 162 valence electrons. The third kappa shape index (κ3) is 4.02. The van der Waals surface area contributed by atoms with Gasteiger partial charge in [0.2, 0.25) is 0 Å². The molecular formula is C23H29NO6. The zero-order valence-corrected chi connectivity index (χ0v) is 17.6. The van der Waals surface area contributed by atoms with Gasteiger partial charge in [0.05, 0.1) is 20.1 Å². The molecule has 7 nitrogen and oxygen atoms in total. The van der Waals surface area contributed by atoms with Crippen molar-refractivity contribution in [1.29, 1.82) is 0 Å². The highest BCUT2D eigenvalue weighted by molar-refractivity contribution is 5.88. The maximum atomic E-state index is 12.7. The molecule has 3 aliphatic rings. The number of hydrogen-bond donors (Lipinski definition) is 0. The van der Waals surface area contributed by atoms with E-state index in [1.54, 1.807) is 19.1 Å². The molecule has 2 bridgehead atoms. The molecule has 2 unspecified atom stereocenters. The summed E-state index contributed by atoms with van der Waals surface area (Å²) >= 11 is 0. The molecule has 30 heavy (non-hydrogen) atoms. The van der Waals surface area contributed by atoms with Crippen LogP contribution in [0.1, 0.15) is 43.2 Å². The number of rotatable bonds is 5. The number of carbonyl (C=O) groups excluding carboxylic acids is 3. The van der Waals surface area contributed by atoms with E-state index in [9.17, 15) is 14.4 Å². The number of fused-ring (bicyclic) bond motifs is 3. The van der Waals surface area contributed by atoms with Crippen LogP contribution in [-0.4, -0.2) is 49.9 Å². The Balaban J connectivity index is 1.33. The molecule has 7 heteroatoms. The van der Waals surface area contributed by atoms with E-state index in [0.717, 1.165) is 30.4 Å². The lowest BCUT2D eigenvalue weighted by Gasteiger charge is -2.36. The molecule has 1 heterocycles. The van der Waals surface area contributed by atoms with Gasteiger partial charge in [0.1, 0.15) is 5.78 Å². The van der Waals surface area contributed by atoms with E-state index in [1.165, 1.54) is 0 Å². The minimum absolute atomic E-state index is 0.00341. The van der Waals surface area contributed by atoms with Crippen molar-refractivity contribution in [2.45, 2.75) is 45.1 Å². The van der Waals surface area contributed by atoms with Crippen LogP contribution in [0.15, 0.2) is 12.1 Å². The standard InChI is InChI=1S/C23H29NO6/c1-28-19-10-14-6-7-24(12-18(14)11-20(19)29-2)21(25)13-30-23(27)17-8-15-4-3-5-16(9-17)22(15)26/h10-11,15-17H,3-9,12-13H2,1-2H3. The normalized spacial score (nSPS) is 25.3. The van der Waals surface area contributed by atoms with Crippen molar-refractivity contribution in [2.24, 2.45) is 17.8 Å². The van der Waals surface area contributed by atoms with E-state index in [0.29, 0.717) is 49.6 Å². The topological polar surface area (TPSA) is 82.1 Å². The average Bonchev–Trinajstić information content (AvgIpc) is 2.75. The SMILES string of the molecule is COc1cc2c(cc1OC)CN(C(=O)COC(=O)C1CC3CCCC(C1)C3=O)CC2. The van der Waals surface area contributed by atoms with E-state index >= 15 is 0 Å². The van der Waals surface area contributed by atoms with Gasteiger partial charge in [-0.3, -0.25) is 14.4 Å². The van der Waals surface area contributed by atoms with Crippen LogP contribution in [0.2, 0.25) is 0 Å². The summed E-state index contributed by atoms with van der Waals surface area (Å²) in [5.74, 6) is 0.833. The van der Waals surface area contributed by atoms with E-state index in [1.807, 2.05) is 12.1 Å². The van der Waals surface area contributed by atoms with Gasteiger partial charge in [-0.2, -0.15) is 0 Å². The number of benzene rings is 1. The Morgan fingerprint density at radius 2 is 1.67 bits per heavy atom. The quantitative estimate of drug-likeness (QED) is 0.688. The number of Topliss-reactive ketones (excluding diaryl/α,β-unsaturated/α-hetero) is 1. The molecule has 0 saturated heterocycles. The highest BCUT2D eigenvalue weighted by Crippen LogP contribution is 2.40. The molecule has 2 atom stereocenters. The highest BCUT2D eigenvalue weighted by atomic mass is 16.5. The van der Waals surface area contributed by atoms with Crippen molar-refractivity contribution in [3.05, 3.63) is 23.3 Å². The lowest BCUT2D eigenvalue weighted by molar-refractivity contribution is -0.159. The first-order valence-corrected chi connectivity index (χ1v) is 10.7. The molecule has 1 aromatic carbocycles. The van der Waals surface area contributed by atoms with Crippen molar-refractivity contribution in [3.8, 4) is 11.5 Å². The van der Waals surface area contributed by atoms with Crippen LogP contribution in [-0.2, 0) is 32.1 Å². The van der Waals surface area contributed by atoms with Crippen molar-refractivity contribution < 1.29 is 28.6 Å². The first-order chi connectivity index (χ1) is 14.5. The first kappa shape index (κ1) is 20.7. The Kier molecular flexibility index (Phi) is 5.97. The summed E-state index contributed by atoms with van der Waals surface area (Å²) in [6.07, 6.45) is 4.67. The minimum Gasteiger partial charge on any atom is -0.493 e. The summed E-state index contributed by atoms with van der Waals surface area (Å²) in [6.45, 7) is 0.774. The number of esters is 1. The van der Waals surface area contributed by atoms with E-state index in [4.69, 9.17) is 14.2 Å². The maximum absolute atomic E-state index is 12.7. The summed E-state index contributed by atoms with van der Waals surface area (Å²) in [5.41, 5.74) is 2.14. The molecule has 0 radical (unpaired) electrons. The predicted octanol–water partition coefficient (Wildman–Crippen LogP) is 2.53. The van der Waals surface area contributed by atoms with Gasteiger partial charge in [0.25, 0.3) is 5.91 Å². The number of nitrogens with zero attached hydrogens (tertiary/aromatic N) is 1. The van der Waals surface area contributed by atoms with Crippen molar-refractivity contribution >= 4 is 17.7 Å². The van der Waals surface area contributed by atoms with Crippen LogP contribution in [0, 0.1) is 17.8 Å². The van der Waals surface area contributed by atoms with Gasteiger partial charge in [0.15, 0.2) is 18.1 Å². The number of ether oxygens (including phenoxy) is 3. The summed E-state index contributed by atoms with van der Waals surface area (Å²) in [4.78, 5) is 39.1. The first-order valence-electron chi connectivity index (χ1n) is 10.7. The van der Waals surface area contributed by atoms with Crippen LogP contribution in [0.5, 0.6) is 11.5 Å². The predicted molar refractivity (Wildman–Crippen MR) is 108 cm³/mol. The third-order valence-electron chi connectivity index (χ3n) is 6.79. The molecule has 0 aromatic heterocycles. The fourth-order valence-corrected chi connectivity index (χ4v) is 5.11. The van der Waals surface area contributed by atoms with Gasteiger partial charge in [-0.1, -0.05) is 6.42 Å². The summed E-state index contributed by atoms with van der Waals surface area (Å²) in [6, 6.07) is 3.86. The molecule has 2 saturated carbocycles. The second-order valence-corrected chi connectivity index (χ2v) is 8.54. The number of hydrogen-bond acceptors (Lipinski definition) is 6. The zero-order chi connectivity index (χ0) is 21.3. The second kappa shape index (κ2) is 8.66. The van der Waals surface area contributed by atoms with Crippen molar-refractivity contribution in [3.63, 3.8) is 0 Å². The fourth-order valence-electron chi connectivity index (χ4n) is 5.11. The van der Waals surface area contributed by atoms with Crippen LogP contribution in [0.4, 0.5) is 0 Å². The van der Waals surface area contributed by atoms with Gasteiger partial charge in [0, 0.05) is 24.9 Å². The van der Waals surface area contributed by atoms with Gasteiger partial charge in [-0.05, 0) is 55.4 Å². The highest BCUT2D eigenvalue weighted by Gasteiger charge is 2.42. The van der Waals surface area contributed by atoms with Gasteiger partial charge >= 0.3 is 5.97 Å². The Bertz CT molecular complexity index is 834. The number of carbonyl (C=O) groups is 3. The Hall–Kier alpha value is -2.57. The van der Waals surface area contributed by atoms with Gasteiger partial charge < -0.3 is 19.1 Å². The lowest BCUT2D eigenvalue weighted by Crippen LogP contribution is -2.41. The van der Waals surface area contributed by atoms with Gasteiger partial charge in [-0.15, -0.1) is 0 Å². The van der Waals surface area contributed by atoms with Gasteiger partial charge in [-0.25, -0.2) is 0 Å². The number of methoxy groups -OCH3 is 2. The number of amides is 1. The van der Waals surface area contributed by atoms with E-state index in [-0.39, 0.29) is 36.2 Å². The second-order valence-electron chi connectivity index (χ2n) is 8.54. The van der Waals surface area contributed by atoms with Crippen molar-refractivity contribution in [1.82, 2.24) is 4.90 Å². The van der Waals surface area contributed by atoms with Crippen molar-refractivity contribution in [2.75, 3.05) is 27.4 Å². The molecule has 0 N–H and O–H groups in total. The molecule has 4 rings (SSSR count). The molecular weight excluding hydrogens is 386 g/mol. The van der Waals surface area contributed by atoms with Crippen LogP contribution in [0.25, 0.3) is 0 Å². The molecule has 1 amide bonds. The van der Waals surface area contributed by atoms with Crippen LogP contribution in [0.3, 0.4) is 0 Å². The molecule has 2 fully saturated rings. The maximum Gasteiger partial charge on any atom is 0.309 e. The summed E-state index contributed by atoms with van der Waals surface area (Å²) < 4.78 is 16.1. The largest absolute Gasteiger partial charge is 0.493 e. The monoisotopic (exact) mass is 415 g/mol. The third-order valence-corrected chi connectivity index (χ3v) is 6.79. The molecule has 1 aliphatic heterocycles. The fraction of sp³-hybridized carbons (Fsp3) is 0.609. The van der Waals surface area contributed by atoms with Crippen LogP contribution < -0.4 is 9.47 Å². The van der Waals surface area contributed by atoms with E-state index in [2.05, 4.69) is 0 Å². The Morgan fingerprint density at radius 1 is 1.03 bits per heavy atom. The molecule has 0 spiro atoms. The molecule has 1 aromatic rings. The van der Waals surface area contributed by atoms with E-state index < -0.39 is 0 Å². The zero-order valence-electron chi connectivity index (χ0n) is 17.6. The van der Waals surface area contributed by atoms with Crippen LogP contribution >= 0.6 is 0 Å². The Labute approximate surface area is 176 Å². The average molecular weight is 415 g/mol. The Morgan fingerprint density at radius 3 is 2.30 bits per heavy atom. The number of ketones is 1. The summed E-state index contributed by atoms with van der Waals surface area (Å²) in [7, 11) is 3.19. The minimum atomic E-state index is -0.337. The molecule has 2 aliphatic carbocycles. The summed E-state index contributed by atoms with van der Waals surface area (Å²) in [5, 5.41) is 0. The smallest absolute Gasteiger partial charge is 0.309 e. The lowest BCUT2D eigenvalue weighted by atomic mass is 9.67.